The maximum atomic E-state index is 9.53. The normalized spacial score (nSPS) is 27.7. The molecule has 0 saturated carbocycles. The predicted octanol–water partition coefficient (Wildman–Crippen LogP) is 4.73. The van der Waals surface area contributed by atoms with Crippen LogP contribution in [0.2, 0.25) is 0 Å². The van der Waals surface area contributed by atoms with E-state index in [2.05, 4.69) is 16.1 Å². The summed E-state index contributed by atoms with van der Waals surface area (Å²) in [5, 5.41) is 13.2. The Labute approximate surface area is 141 Å². The van der Waals surface area contributed by atoms with Gasteiger partial charge in [-0.2, -0.15) is 0 Å². The number of hydrogen-bond donors (Lipinski definition) is 1. The van der Waals surface area contributed by atoms with Crippen molar-refractivity contribution in [1.82, 2.24) is 4.90 Å². The Morgan fingerprint density at radius 2 is 1.39 bits per heavy atom. The van der Waals surface area contributed by atoms with E-state index >= 15 is 0 Å². The van der Waals surface area contributed by atoms with Crippen LogP contribution in [0, 0.1) is 0 Å². The van der Waals surface area contributed by atoms with Gasteiger partial charge in [0.25, 0.3) is 0 Å². The molecule has 2 rings (SSSR count). The number of allylic oxidation sites excluding steroid dienone is 2. The first-order valence-corrected chi connectivity index (χ1v) is 9.66. The van der Waals surface area contributed by atoms with Crippen LogP contribution in [0.15, 0.2) is 16.9 Å². The van der Waals surface area contributed by atoms with Gasteiger partial charge in [-0.15, -0.1) is 0 Å². The predicted molar refractivity (Wildman–Crippen MR) is 95.1 cm³/mol. The summed E-state index contributed by atoms with van der Waals surface area (Å²) in [6.07, 6.45) is 17.4. The summed E-state index contributed by atoms with van der Waals surface area (Å²) < 4.78 is 5.47. The Hall–Kier alpha value is -1.03. The van der Waals surface area contributed by atoms with Gasteiger partial charge in [-0.1, -0.05) is 62.6 Å². The summed E-state index contributed by atoms with van der Waals surface area (Å²) in [4.78, 5) is 2.34. The number of oxime groups is 1. The van der Waals surface area contributed by atoms with Gasteiger partial charge in [0.15, 0.2) is 0 Å². The number of hydrogen-bond acceptors (Lipinski definition) is 4. The highest BCUT2D eigenvalue weighted by atomic mass is 16.5. The number of morpholine rings is 1. The lowest BCUT2D eigenvalue weighted by Gasteiger charge is -2.31. The van der Waals surface area contributed by atoms with Crippen LogP contribution in [-0.4, -0.2) is 42.1 Å². The van der Waals surface area contributed by atoms with Gasteiger partial charge in [-0.05, 0) is 25.7 Å². The fourth-order valence-corrected chi connectivity index (χ4v) is 3.55. The molecule has 0 atom stereocenters. The van der Waals surface area contributed by atoms with Crippen LogP contribution in [0.4, 0.5) is 0 Å². The van der Waals surface area contributed by atoms with E-state index in [9.17, 15) is 5.21 Å². The minimum absolute atomic E-state index is 0.774. The van der Waals surface area contributed by atoms with Crippen molar-refractivity contribution >= 4 is 5.71 Å². The molecule has 1 N–H and O–H groups in total. The third kappa shape index (κ3) is 6.94. The second kappa shape index (κ2) is 11.5. The first kappa shape index (κ1) is 18.3. The molecule has 4 heteroatoms. The second-order valence-electron chi connectivity index (χ2n) is 6.81. The Balaban J connectivity index is 1.99. The van der Waals surface area contributed by atoms with Crippen LogP contribution in [0.5, 0.6) is 0 Å². The van der Waals surface area contributed by atoms with E-state index in [0.717, 1.165) is 57.0 Å². The molecular weight excluding hydrogens is 288 g/mol. The summed E-state index contributed by atoms with van der Waals surface area (Å²) in [7, 11) is 0. The first-order valence-electron chi connectivity index (χ1n) is 9.66. The summed E-state index contributed by atoms with van der Waals surface area (Å²) in [5.41, 5.74) is 2.03. The van der Waals surface area contributed by atoms with E-state index in [-0.39, 0.29) is 0 Å². The molecule has 1 fully saturated rings. The zero-order chi connectivity index (χ0) is 16.2. The summed E-state index contributed by atoms with van der Waals surface area (Å²) in [6, 6.07) is 0. The maximum Gasteiger partial charge on any atom is 0.102 e. The van der Waals surface area contributed by atoms with Crippen LogP contribution in [0.3, 0.4) is 0 Å². The third-order valence-electron chi connectivity index (χ3n) is 4.97. The molecule has 1 heterocycles. The zero-order valence-electron chi connectivity index (χ0n) is 14.6. The molecule has 132 valence electrons. The highest BCUT2D eigenvalue weighted by molar-refractivity contribution is 5.99. The van der Waals surface area contributed by atoms with Crippen molar-refractivity contribution in [1.29, 1.82) is 0 Å². The van der Waals surface area contributed by atoms with Crippen molar-refractivity contribution in [2.45, 2.75) is 77.0 Å². The van der Waals surface area contributed by atoms with E-state index in [1.165, 1.54) is 57.8 Å². The standard InChI is InChI=1S/C19H34N2O2/c22-20-18-12-10-8-6-4-2-1-3-5-7-9-11-13-19(18)21-14-16-23-17-15-21/h13,22H,1-12,14-17H2/b19-13-,20-18?. The lowest BCUT2D eigenvalue weighted by molar-refractivity contribution is 0.0560. The molecule has 2 aliphatic rings. The SMILES string of the molecule is ON=C1CCCCCCCCCCCC/C=C/1N1CCOCC1. The van der Waals surface area contributed by atoms with Gasteiger partial charge < -0.3 is 14.8 Å². The van der Waals surface area contributed by atoms with Gasteiger partial charge in [0.1, 0.15) is 5.71 Å². The minimum Gasteiger partial charge on any atom is -0.411 e. The monoisotopic (exact) mass is 322 g/mol. The summed E-state index contributed by atoms with van der Waals surface area (Å²) in [5.74, 6) is 0. The third-order valence-corrected chi connectivity index (χ3v) is 4.97. The zero-order valence-corrected chi connectivity index (χ0v) is 14.6. The van der Waals surface area contributed by atoms with Crippen LogP contribution >= 0.6 is 0 Å². The van der Waals surface area contributed by atoms with Gasteiger partial charge in [-0.3, -0.25) is 0 Å². The van der Waals surface area contributed by atoms with Crippen molar-refractivity contribution in [3.63, 3.8) is 0 Å². The highest BCUT2D eigenvalue weighted by Gasteiger charge is 2.18. The van der Waals surface area contributed by atoms with Gasteiger partial charge in [-0.25, -0.2) is 0 Å². The van der Waals surface area contributed by atoms with Crippen molar-refractivity contribution < 1.29 is 9.94 Å². The van der Waals surface area contributed by atoms with Crippen LogP contribution in [0.1, 0.15) is 77.0 Å². The molecule has 1 aliphatic carbocycles. The Morgan fingerprint density at radius 3 is 2.00 bits per heavy atom. The lowest BCUT2D eigenvalue weighted by Crippen LogP contribution is -2.38. The molecule has 0 radical (unpaired) electrons. The summed E-state index contributed by atoms with van der Waals surface area (Å²) in [6.45, 7) is 3.36. The molecule has 0 amide bonds. The minimum atomic E-state index is 0.774. The largest absolute Gasteiger partial charge is 0.411 e. The van der Waals surface area contributed by atoms with Crippen molar-refractivity contribution in [3.8, 4) is 0 Å². The van der Waals surface area contributed by atoms with E-state index in [1.807, 2.05) is 0 Å². The van der Waals surface area contributed by atoms with Gasteiger partial charge in [0.2, 0.25) is 0 Å². The van der Waals surface area contributed by atoms with E-state index in [1.54, 1.807) is 0 Å². The van der Waals surface area contributed by atoms with Crippen LogP contribution in [0.25, 0.3) is 0 Å². The number of nitrogens with zero attached hydrogens (tertiary/aromatic N) is 2. The Bertz CT molecular complexity index is 374. The molecule has 0 aromatic carbocycles. The van der Waals surface area contributed by atoms with Crippen LogP contribution < -0.4 is 0 Å². The molecular formula is C19H34N2O2. The average Bonchev–Trinajstić information content (AvgIpc) is 2.61. The topological polar surface area (TPSA) is 45.1 Å². The Morgan fingerprint density at radius 1 is 0.826 bits per heavy atom. The lowest BCUT2D eigenvalue weighted by atomic mass is 10.0. The van der Waals surface area contributed by atoms with Gasteiger partial charge in [0.05, 0.1) is 18.9 Å². The molecule has 0 spiro atoms. The van der Waals surface area contributed by atoms with Crippen molar-refractivity contribution in [2.75, 3.05) is 26.3 Å². The molecule has 4 nitrogen and oxygen atoms in total. The number of ether oxygens (including phenoxy) is 1. The molecule has 0 aromatic heterocycles. The van der Waals surface area contributed by atoms with Gasteiger partial charge in [0, 0.05) is 13.1 Å². The fourth-order valence-electron chi connectivity index (χ4n) is 3.55. The van der Waals surface area contributed by atoms with E-state index in [4.69, 9.17) is 4.74 Å². The van der Waals surface area contributed by atoms with Crippen LogP contribution in [-0.2, 0) is 4.74 Å². The molecule has 0 unspecified atom stereocenters. The molecule has 23 heavy (non-hydrogen) atoms. The molecule has 0 bridgehead atoms. The van der Waals surface area contributed by atoms with E-state index < -0.39 is 0 Å². The highest BCUT2D eigenvalue weighted by Crippen LogP contribution is 2.19. The smallest absolute Gasteiger partial charge is 0.102 e. The molecule has 0 aromatic rings. The van der Waals surface area contributed by atoms with E-state index in [0.29, 0.717) is 0 Å². The molecule has 1 aliphatic heterocycles. The Kier molecular flexibility index (Phi) is 9.15. The summed E-state index contributed by atoms with van der Waals surface area (Å²) >= 11 is 0. The van der Waals surface area contributed by atoms with Crippen molar-refractivity contribution in [3.05, 3.63) is 11.8 Å². The molecule has 1 saturated heterocycles. The number of rotatable bonds is 1. The fraction of sp³-hybridized carbons (Fsp3) is 0.842. The van der Waals surface area contributed by atoms with Crippen molar-refractivity contribution in [2.24, 2.45) is 5.16 Å². The maximum absolute atomic E-state index is 9.53. The first-order chi connectivity index (χ1) is 11.4. The average molecular weight is 322 g/mol. The second-order valence-corrected chi connectivity index (χ2v) is 6.81. The van der Waals surface area contributed by atoms with Gasteiger partial charge >= 0.3 is 0 Å². The quantitative estimate of drug-likeness (QED) is 0.561.